The van der Waals surface area contributed by atoms with Crippen LogP contribution < -0.4 is 11.2 Å². The summed E-state index contributed by atoms with van der Waals surface area (Å²) in [7, 11) is 1.90. The molecule has 0 atom stereocenters. The molecule has 0 aliphatic heterocycles. The standard InChI is InChI=1S/C4H12N2O/c1-6-3-2-4-7-5/h6H,2-5H2,1H3. The van der Waals surface area contributed by atoms with Gasteiger partial charge in [0.15, 0.2) is 0 Å². The Morgan fingerprint density at radius 1 is 1.71 bits per heavy atom. The van der Waals surface area contributed by atoms with Crippen molar-refractivity contribution in [3.8, 4) is 0 Å². The Balaban J connectivity index is 2.45. The van der Waals surface area contributed by atoms with Crippen molar-refractivity contribution in [3.63, 3.8) is 0 Å². The first-order chi connectivity index (χ1) is 3.41. The minimum atomic E-state index is 0.640. The molecule has 44 valence electrons. The number of nitrogens with two attached hydrogens (primary N) is 1. The number of rotatable bonds is 4. The van der Waals surface area contributed by atoms with Crippen molar-refractivity contribution in [2.75, 3.05) is 20.2 Å². The van der Waals surface area contributed by atoms with E-state index in [2.05, 4.69) is 10.2 Å². The summed E-state index contributed by atoms with van der Waals surface area (Å²) in [5.41, 5.74) is 0. The highest BCUT2D eigenvalue weighted by atomic mass is 16.6. The molecule has 0 bridgehead atoms. The monoisotopic (exact) mass is 104 g/mol. The van der Waals surface area contributed by atoms with E-state index < -0.39 is 0 Å². The minimum absolute atomic E-state index is 0.640. The lowest BCUT2D eigenvalue weighted by Crippen LogP contribution is -2.11. The lowest BCUT2D eigenvalue weighted by molar-refractivity contribution is 0.135. The molecule has 0 saturated heterocycles. The molecule has 0 aromatic heterocycles. The molecule has 3 N–H and O–H groups in total. The second-order valence-electron chi connectivity index (χ2n) is 1.33. The fraction of sp³-hybridized carbons (Fsp3) is 1.00. The summed E-state index contributed by atoms with van der Waals surface area (Å²) in [5, 5.41) is 2.97. The van der Waals surface area contributed by atoms with Gasteiger partial charge in [0.05, 0.1) is 6.61 Å². The van der Waals surface area contributed by atoms with E-state index in [1.54, 1.807) is 0 Å². The molecular formula is C4H12N2O. The summed E-state index contributed by atoms with van der Waals surface area (Å²) < 4.78 is 0. The van der Waals surface area contributed by atoms with E-state index in [0.29, 0.717) is 6.61 Å². The zero-order valence-corrected chi connectivity index (χ0v) is 4.61. The summed E-state index contributed by atoms with van der Waals surface area (Å²) in [6.45, 7) is 1.61. The van der Waals surface area contributed by atoms with Crippen LogP contribution >= 0.6 is 0 Å². The molecule has 0 spiro atoms. The maximum atomic E-state index is 4.74. The topological polar surface area (TPSA) is 47.3 Å². The molecule has 0 aliphatic carbocycles. The fourth-order valence-electron chi connectivity index (χ4n) is 0.332. The van der Waals surface area contributed by atoms with E-state index in [-0.39, 0.29) is 0 Å². The molecule has 0 aromatic rings. The Hall–Kier alpha value is -0.120. The van der Waals surface area contributed by atoms with Crippen molar-refractivity contribution in [2.24, 2.45) is 5.90 Å². The van der Waals surface area contributed by atoms with E-state index in [1.165, 1.54) is 0 Å². The van der Waals surface area contributed by atoms with Crippen LogP contribution in [-0.4, -0.2) is 20.2 Å². The fourth-order valence-corrected chi connectivity index (χ4v) is 0.332. The molecule has 3 nitrogen and oxygen atoms in total. The van der Waals surface area contributed by atoms with Crippen molar-refractivity contribution >= 4 is 0 Å². The van der Waals surface area contributed by atoms with Crippen LogP contribution in [0.4, 0.5) is 0 Å². The van der Waals surface area contributed by atoms with Crippen molar-refractivity contribution in [1.29, 1.82) is 0 Å². The van der Waals surface area contributed by atoms with Gasteiger partial charge in [0.1, 0.15) is 0 Å². The summed E-state index contributed by atoms with van der Waals surface area (Å²) in [6.07, 6.45) is 0.979. The van der Waals surface area contributed by atoms with Crippen LogP contribution in [0.3, 0.4) is 0 Å². The molecule has 0 aromatic carbocycles. The second-order valence-corrected chi connectivity index (χ2v) is 1.33. The number of nitrogens with one attached hydrogen (secondary N) is 1. The summed E-state index contributed by atoms with van der Waals surface area (Å²) in [6, 6.07) is 0. The predicted molar refractivity (Wildman–Crippen MR) is 28.7 cm³/mol. The molecule has 0 rings (SSSR count). The minimum Gasteiger partial charge on any atom is -0.320 e. The van der Waals surface area contributed by atoms with E-state index in [0.717, 1.165) is 13.0 Å². The van der Waals surface area contributed by atoms with Gasteiger partial charge in [-0.3, -0.25) is 0 Å². The van der Waals surface area contributed by atoms with Gasteiger partial charge in [-0.25, -0.2) is 5.90 Å². The third-order valence-electron chi connectivity index (χ3n) is 0.689. The molecule has 0 radical (unpaired) electrons. The quantitative estimate of drug-likeness (QED) is 0.373. The summed E-state index contributed by atoms with van der Waals surface area (Å²) >= 11 is 0. The molecule has 3 heteroatoms. The van der Waals surface area contributed by atoms with Crippen molar-refractivity contribution < 1.29 is 4.84 Å². The third-order valence-corrected chi connectivity index (χ3v) is 0.689. The van der Waals surface area contributed by atoms with Crippen molar-refractivity contribution in [3.05, 3.63) is 0 Å². The van der Waals surface area contributed by atoms with Crippen LogP contribution in [0, 0.1) is 0 Å². The van der Waals surface area contributed by atoms with Gasteiger partial charge in [-0.2, -0.15) is 0 Å². The molecule has 0 heterocycles. The molecule has 0 fully saturated rings. The Labute approximate surface area is 43.8 Å². The summed E-state index contributed by atoms with van der Waals surface area (Å²) in [5.74, 6) is 4.74. The van der Waals surface area contributed by atoms with Crippen LogP contribution in [0.5, 0.6) is 0 Å². The van der Waals surface area contributed by atoms with Gasteiger partial charge < -0.3 is 10.2 Å². The van der Waals surface area contributed by atoms with Crippen LogP contribution in [0.25, 0.3) is 0 Å². The van der Waals surface area contributed by atoms with Crippen LogP contribution in [0.2, 0.25) is 0 Å². The van der Waals surface area contributed by atoms with Gasteiger partial charge in [0.25, 0.3) is 0 Å². The Morgan fingerprint density at radius 3 is 2.86 bits per heavy atom. The maximum Gasteiger partial charge on any atom is 0.0691 e. The first-order valence-corrected chi connectivity index (χ1v) is 2.38. The highest BCUT2D eigenvalue weighted by molar-refractivity contribution is 4.36. The van der Waals surface area contributed by atoms with Gasteiger partial charge in [0.2, 0.25) is 0 Å². The summed E-state index contributed by atoms with van der Waals surface area (Å²) in [4.78, 5) is 4.30. The Morgan fingerprint density at radius 2 is 2.43 bits per heavy atom. The van der Waals surface area contributed by atoms with Gasteiger partial charge in [0, 0.05) is 0 Å². The van der Waals surface area contributed by atoms with Gasteiger partial charge >= 0.3 is 0 Å². The zero-order chi connectivity index (χ0) is 5.54. The van der Waals surface area contributed by atoms with Crippen molar-refractivity contribution in [2.45, 2.75) is 6.42 Å². The molecular weight excluding hydrogens is 92.1 g/mol. The van der Waals surface area contributed by atoms with E-state index in [1.807, 2.05) is 7.05 Å². The second kappa shape index (κ2) is 5.88. The van der Waals surface area contributed by atoms with Gasteiger partial charge in [-0.1, -0.05) is 0 Å². The lowest BCUT2D eigenvalue weighted by atomic mass is 10.5. The highest BCUT2D eigenvalue weighted by Crippen LogP contribution is 1.71. The first-order valence-electron chi connectivity index (χ1n) is 2.38. The van der Waals surface area contributed by atoms with Gasteiger partial charge in [-0.15, -0.1) is 0 Å². The molecule has 0 amide bonds. The van der Waals surface area contributed by atoms with Gasteiger partial charge in [-0.05, 0) is 20.0 Å². The first kappa shape index (κ1) is 6.88. The van der Waals surface area contributed by atoms with E-state index in [9.17, 15) is 0 Å². The zero-order valence-electron chi connectivity index (χ0n) is 4.61. The highest BCUT2D eigenvalue weighted by Gasteiger charge is 1.79. The Kier molecular flexibility index (Phi) is 5.78. The third kappa shape index (κ3) is 5.88. The smallest absolute Gasteiger partial charge is 0.0691 e. The maximum absolute atomic E-state index is 4.74. The molecule has 0 saturated carbocycles. The average Bonchev–Trinajstić information content (AvgIpc) is 1.69. The molecule has 0 unspecified atom stereocenters. The van der Waals surface area contributed by atoms with Crippen LogP contribution in [0.15, 0.2) is 0 Å². The Bertz CT molecular complexity index is 28.9. The number of hydrogen-bond acceptors (Lipinski definition) is 3. The lowest BCUT2D eigenvalue weighted by Gasteiger charge is -1.94. The molecule has 7 heavy (non-hydrogen) atoms. The number of hydrogen-bond donors (Lipinski definition) is 2. The van der Waals surface area contributed by atoms with Crippen LogP contribution in [0.1, 0.15) is 6.42 Å². The van der Waals surface area contributed by atoms with E-state index >= 15 is 0 Å². The SMILES string of the molecule is CNCCCON. The largest absolute Gasteiger partial charge is 0.320 e. The average molecular weight is 104 g/mol. The van der Waals surface area contributed by atoms with Crippen LogP contribution in [-0.2, 0) is 4.84 Å². The van der Waals surface area contributed by atoms with Crippen molar-refractivity contribution in [1.82, 2.24) is 5.32 Å². The molecule has 0 aliphatic rings. The predicted octanol–water partition coefficient (Wildman–Crippen LogP) is -0.514. The normalized spacial score (nSPS) is 9.43. The van der Waals surface area contributed by atoms with E-state index in [4.69, 9.17) is 5.90 Å².